The quantitative estimate of drug-likeness (QED) is 0.341. The van der Waals surface area contributed by atoms with Crippen molar-refractivity contribution in [1.29, 1.82) is 0 Å². The Morgan fingerprint density at radius 1 is 1.16 bits per heavy atom. The third-order valence-corrected chi connectivity index (χ3v) is 7.21. The summed E-state index contributed by atoms with van der Waals surface area (Å²) in [6.45, 7) is 5.13. The zero-order valence-corrected chi connectivity index (χ0v) is 21.7. The normalized spacial score (nSPS) is 14.9. The van der Waals surface area contributed by atoms with E-state index in [1.807, 2.05) is 49.1 Å². The van der Waals surface area contributed by atoms with Crippen LogP contribution in [0, 0.1) is 5.92 Å². The molecule has 0 saturated heterocycles. The molecule has 1 atom stereocenters. The number of thiazole rings is 1. The first-order valence-corrected chi connectivity index (χ1v) is 13.2. The molecule has 7 nitrogen and oxygen atoms in total. The molecule has 190 valence electrons. The van der Waals surface area contributed by atoms with Crippen LogP contribution in [-0.4, -0.2) is 28.2 Å². The number of fused-ring (bicyclic) bond motifs is 1. The minimum atomic E-state index is -0.256. The second kappa shape index (κ2) is 11.0. The Hall–Kier alpha value is -3.91. The molecule has 0 fully saturated rings. The minimum Gasteiger partial charge on any atom is -0.486 e. The third kappa shape index (κ3) is 5.59. The highest BCUT2D eigenvalue weighted by atomic mass is 32.1. The van der Waals surface area contributed by atoms with Gasteiger partial charge in [0.05, 0.1) is 18.8 Å². The van der Waals surface area contributed by atoms with Crippen LogP contribution in [0.25, 0.3) is 0 Å². The minimum absolute atomic E-state index is 0.0809. The summed E-state index contributed by atoms with van der Waals surface area (Å²) in [4.78, 5) is 31.9. The molecule has 5 rings (SSSR count). The van der Waals surface area contributed by atoms with Crippen molar-refractivity contribution in [3.8, 4) is 5.75 Å². The zero-order chi connectivity index (χ0) is 25.8. The topological polar surface area (TPSA) is 84.7 Å². The van der Waals surface area contributed by atoms with E-state index in [9.17, 15) is 9.59 Å². The molecule has 3 heterocycles. The highest BCUT2D eigenvalue weighted by molar-refractivity contribution is 7.09. The molecule has 8 heteroatoms. The van der Waals surface area contributed by atoms with E-state index in [2.05, 4.69) is 28.5 Å². The molecule has 37 heavy (non-hydrogen) atoms. The van der Waals surface area contributed by atoms with Crippen molar-refractivity contribution in [2.75, 3.05) is 6.54 Å². The molecule has 4 aromatic rings. The zero-order valence-electron chi connectivity index (χ0n) is 20.8. The molecule has 1 aliphatic rings. The summed E-state index contributed by atoms with van der Waals surface area (Å²) >= 11 is 1.38. The highest BCUT2D eigenvalue weighted by Gasteiger charge is 2.33. The van der Waals surface area contributed by atoms with E-state index in [1.54, 1.807) is 23.8 Å². The second-order valence-electron chi connectivity index (χ2n) is 9.29. The summed E-state index contributed by atoms with van der Waals surface area (Å²) in [5.41, 5.74) is 3.74. The molecular formula is C29H29N3O4S. The lowest BCUT2D eigenvalue weighted by atomic mass is 9.87. The molecule has 0 aliphatic carbocycles. The number of carbonyl (C=O) groups is 2. The van der Waals surface area contributed by atoms with Crippen LogP contribution in [-0.2, 0) is 24.4 Å². The van der Waals surface area contributed by atoms with E-state index in [-0.39, 0.29) is 30.4 Å². The Balaban J connectivity index is 1.31. The number of amides is 2. The van der Waals surface area contributed by atoms with E-state index in [1.165, 1.54) is 16.9 Å². The van der Waals surface area contributed by atoms with Gasteiger partial charge < -0.3 is 19.4 Å². The van der Waals surface area contributed by atoms with Crippen LogP contribution in [0.1, 0.15) is 57.8 Å². The van der Waals surface area contributed by atoms with Gasteiger partial charge in [0.2, 0.25) is 5.91 Å². The number of aromatic nitrogens is 1. The van der Waals surface area contributed by atoms with Crippen molar-refractivity contribution in [2.45, 2.75) is 39.5 Å². The Morgan fingerprint density at radius 2 is 2.00 bits per heavy atom. The highest BCUT2D eigenvalue weighted by Crippen LogP contribution is 2.38. The number of benzene rings is 2. The lowest BCUT2D eigenvalue weighted by molar-refractivity contribution is -0.136. The SMILES string of the molecule is CC(C)C(=O)N1CCc2ccc(OCc3nc(C(=O)NCc4ccco4)cs3)cc2C1c1ccccc1. The van der Waals surface area contributed by atoms with Crippen molar-refractivity contribution in [2.24, 2.45) is 5.92 Å². The van der Waals surface area contributed by atoms with Gasteiger partial charge in [0.1, 0.15) is 28.8 Å². The monoisotopic (exact) mass is 515 g/mol. The Morgan fingerprint density at radius 3 is 2.76 bits per heavy atom. The summed E-state index contributed by atoms with van der Waals surface area (Å²) < 4.78 is 11.3. The molecule has 0 radical (unpaired) electrons. The molecule has 2 aromatic carbocycles. The molecule has 0 spiro atoms. The average molecular weight is 516 g/mol. The van der Waals surface area contributed by atoms with Gasteiger partial charge in [-0.3, -0.25) is 9.59 Å². The van der Waals surface area contributed by atoms with Crippen LogP contribution in [0.3, 0.4) is 0 Å². The van der Waals surface area contributed by atoms with Crippen LogP contribution in [0.5, 0.6) is 5.75 Å². The number of hydrogen-bond donors (Lipinski definition) is 1. The van der Waals surface area contributed by atoms with Gasteiger partial charge in [-0.25, -0.2) is 4.98 Å². The number of hydrogen-bond acceptors (Lipinski definition) is 6. The summed E-state index contributed by atoms with van der Waals surface area (Å²) in [5, 5.41) is 5.23. The predicted octanol–water partition coefficient (Wildman–Crippen LogP) is 5.38. The molecule has 0 saturated carbocycles. The van der Waals surface area contributed by atoms with Gasteiger partial charge in [0.15, 0.2) is 0 Å². The first-order chi connectivity index (χ1) is 18.0. The first kappa shape index (κ1) is 24.8. The fourth-order valence-corrected chi connectivity index (χ4v) is 5.23. The number of ether oxygens (including phenoxy) is 1. The Labute approximate surface area is 220 Å². The van der Waals surface area contributed by atoms with Crippen molar-refractivity contribution in [1.82, 2.24) is 15.2 Å². The summed E-state index contributed by atoms with van der Waals surface area (Å²) in [5.74, 6) is 1.20. The summed E-state index contributed by atoms with van der Waals surface area (Å²) in [6.07, 6.45) is 2.38. The number of furan rings is 1. The van der Waals surface area contributed by atoms with Crippen LogP contribution in [0.4, 0.5) is 0 Å². The van der Waals surface area contributed by atoms with Crippen LogP contribution in [0.2, 0.25) is 0 Å². The number of rotatable bonds is 8. The number of nitrogens with one attached hydrogen (secondary N) is 1. The maximum absolute atomic E-state index is 13.1. The number of nitrogens with zero attached hydrogens (tertiary/aromatic N) is 2. The van der Waals surface area contributed by atoms with E-state index < -0.39 is 0 Å². The molecule has 2 aromatic heterocycles. The van der Waals surface area contributed by atoms with Gasteiger partial charge in [-0.15, -0.1) is 11.3 Å². The molecule has 1 N–H and O–H groups in total. The van der Waals surface area contributed by atoms with Gasteiger partial charge in [-0.2, -0.15) is 0 Å². The van der Waals surface area contributed by atoms with E-state index in [0.717, 1.165) is 17.5 Å². The maximum Gasteiger partial charge on any atom is 0.271 e. The fraction of sp³-hybridized carbons (Fsp3) is 0.276. The largest absolute Gasteiger partial charge is 0.486 e. The summed E-state index contributed by atoms with van der Waals surface area (Å²) in [6, 6.07) is 19.7. The van der Waals surface area contributed by atoms with Crippen molar-refractivity contribution >= 4 is 23.2 Å². The standard InChI is InChI=1S/C29H29N3O4S/c1-19(2)29(34)32-13-12-20-10-11-22(15-24(20)27(32)21-7-4-3-5-8-21)36-17-26-31-25(18-37-26)28(33)30-16-23-9-6-14-35-23/h3-11,14-15,18-19,27H,12-13,16-17H2,1-2H3,(H,30,33). The Bertz CT molecular complexity index is 1370. The molecule has 1 unspecified atom stereocenters. The fourth-order valence-electron chi connectivity index (χ4n) is 4.54. The lowest BCUT2D eigenvalue weighted by Crippen LogP contribution is -2.42. The van der Waals surface area contributed by atoms with E-state index >= 15 is 0 Å². The number of carbonyl (C=O) groups excluding carboxylic acids is 2. The van der Waals surface area contributed by atoms with E-state index in [4.69, 9.17) is 9.15 Å². The molecular weight excluding hydrogens is 486 g/mol. The molecule has 1 aliphatic heterocycles. The van der Waals surface area contributed by atoms with Gasteiger partial charge in [0, 0.05) is 17.8 Å². The predicted molar refractivity (Wildman–Crippen MR) is 141 cm³/mol. The lowest BCUT2D eigenvalue weighted by Gasteiger charge is -2.39. The second-order valence-corrected chi connectivity index (χ2v) is 10.2. The van der Waals surface area contributed by atoms with Gasteiger partial charge >= 0.3 is 0 Å². The molecule has 2 amide bonds. The van der Waals surface area contributed by atoms with Gasteiger partial charge in [0.25, 0.3) is 5.91 Å². The summed E-state index contributed by atoms with van der Waals surface area (Å²) in [7, 11) is 0. The molecule has 0 bridgehead atoms. The van der Waals surface area contributed by atoms with Crippen molar-refractivity contribution in [3.63, 3.8) is 0 Å². The Kier molecular flexibility index (Phi) is 7.37. The maximum atomic E-state index is 13.1. The van der Waals surface area contributed by atoms with Crippen LogP contribution >= 0.6 is 11.3 Å². The third-order valence-electron chi connectivity index (χ3n) is 6.39. The van der Waals surface area contributed by atoms with Crippen LogP contribution < -0.4 is 10.1 Å². The van der Waals surface area contributed by atoms with E-state index in [0.29, 0.717) is 35.3 Å². The van der Waals surface area contributed by atoms with Crippen molar-refractivity contribution < 1.29 is 18.7 Å². The van der Waals surface area contributed by atoms with Gasteiger partial charge in [-0.05, 0) is 47.4 Å². The van der Waals surface area contributed by atoms with Crippen molar-refractivity contribution in [3.05, 3.63) is 105 Å². The van der Waals surface area contributed by atoms with Gasteiger partial charge in [-0.1, -0.05) is 50.2 Å². The average Bonchev–Trinajstić information content (AvgIpc) is 3.62. The first-order valence-electron chi connectivity index (χ1n) is 12.4. The van der Waals surface area contributed by atoms with Crippen LogP contribution in [0.15, 0.2) is 76.7 Å². The smallest absolute Gasteiger partial charge is 0.271 e.